The van der Waals surface area contributed by atoms with E-state index in [1.165, 1.54) is 6.92 Å². The number of benzene rings is 1. The van der Waals surface area contributed by atoms with E-state index in [2.05, 4.69) is 19.1 Å². The maximum Gasteiger partial charge on any atom is 0.423 e. The number of ether oxygens (including phenoxy) is 1. The van der Waals surface area contributed by atoms with Crippen LogP contribution in [0.2, 0.25) is 0 Å². The Morgan fingerprint density at radius 3 is 2.21 bits per heavy atom. The quantitative estimate of drug-likeness (QED) is 0.793. The number of halogens is 4. The first-order chi connectivity index (χ1) is 11.0. The van der Waals surface area contributed by atoms with Crippen LogP contribution in [0, 0.1) is 6.92 Å². The second kappa shape index (κ2) is 6.06. The summed E-state index contributed by atoms with van der Waals surface area (Å²) < 4.78 is 88.2. The highest BCUT2D eigenvalue weighted by atomic mass is 32.2. The molecule has 0 spiro atoms. The molecule has 0 radical (unpaired) electrons. The first-order valence-electron chi connectivity index (χ1n) is 6.36. The molecule has 0 aliphatic heterocycles. The van der Waals surface area contributed by atoms with Crippen molar-refractivity contribution in [2.45, 2.75) is 23.9 Å². The van der Waals surface area contributed by atoms with Gasteiger partial charge >= 0.3 is 12.0 Å². The van der Waals surface area contributed by atoms with E-state index < -0.39 is 32.5 Å². The molecule has 6 nitrogen and oxygen atoms in total. The fourth-order valence-electron chi connectivity index (χ4n) is 1.74. The topological polar surface area (TPSA) is 81.4 Å². The lowest BCUT2D eigenvalue weighted by atomic mass is 10.1. The molecule has 1 aromatic carbocycles. The van der Waals surface area contributed by atoms with E-state index >= 15 is 0 Å². The van der Waals surface area contributed by atoms with Crippen LogP contribution in [-0.4, -0.2) is 26.8 Å². The first kappa shape index (κ1) is 18.2. The smallest absolute Gasteiger partial charge is 0.359 e. The van der Waals surface area contributed by atoms with Gasteiger partial charge in [0, 0.05) is 12.7 Å². The predicted octanol–water partition coefficient (Wildman–Crippen LogP) is 3.11. The van der Waals surface area contributed by atoms with Crippen LogP contribution in [0.15, 0.2) is 39.9 Å². The molecule has 2 aromatic rings. The minimum absolute atomic E-state index is 0.0651. The fourth-order valence-corrected chi connectivity index (χ4v) is 2.84. The molecule has 1 aromatic heterocycles. The largest absolute Gasteiger partial charge is 0.423 e. The Balaban J connectivity index is 2.31. The Kier molecular flexibility index (Phi) is 4.59. The van der Waals surface area contributed by atoms with E-state index in [0.717, 1.165) is 18.3 Å². The summed E-state index contributed by atoms with van der Waals surface area (Å²) in [5, 5.41) is 3.38. The van der Waals surface area contributed by atoms with E-state index in [1.54, 1.807) is 0 Å². The average Bonchev–Trinajstić information content (AvgIpc) is 2.91. The standard InChI is InChI=1S/C13H12F4N2O4S/c1-8-11(7-18-23-8)19-24(20,21)10-5-3-9(4-6-10)12(14,15)13(16,17)22-2/h3-7,19H,1-2H3. The highest BCUT2D eigenvalue weighted by Gasteiger charge is 2.58. The number of hydrogen-bond donors (Lipinski definition) is 1. The van der Waals surface area contributed by atoms with Crippen molar-refractivity contribution in [3.05, 3.63) is 41.8 Å². The molecule has 0 amide bonds. The summed E-state index contributed by atoms with van der Waals surface area (Å²) in [5.74, 6) is -4.43. The second-order valence-electron chi connectivity index (χ2n) is 4.72. The maximum absolute atomic E-state index is 13.7. The van der Waals surface area contributed by atoms with Gasteiger partial charge in [0.2, 0.25) is 0 Å². The van der Waals surface area contributed by atoms with Crippen LogP contribution in [0.25, 0.3) is 0 Å². The summed E-state index contributed by atoms with van der Waals surface area (Å²) in [6.45, 7) is 1.46. The summed E-state index contributed by atoms with van der Waals surface area (Å²) >= 11 is 0. The summed E-state index contributed by atoms with van der Waals surface area (Å²) in [6.07, 6.45) is -3.61. The van der Waals surface area contributed by atoms with Crippen LogP contribution in [0.5, 0.6) is 0 Å². The number of aryl methyl sites for hydroxylation is 1. The van der Waals surface area contributed by atoms with Crippen LogP contribution >= 0.6 is 0 Å². The van der Waals surface area contributed by atoms with Gasteiger partial charge in [0.05, 0.1) is 11.1 Å². The van der Waals surface area contributed by atoms with Gasteiger partial charge in [0.1, 0.15) is 5.69 Å². The summed E-state index contributed by atoms with van der Waals surface area (Å²) in [5.41, 5.74) is -1.02. The van der Waals surface area contributed by atoms with E-state index in [1.807, 2.05) is 0 Å². The Labute approximate surface area is 134 Å². The third-order valence-corrected chi connectivity index (χ3v) is 4.53. The Bertz CT molecular complexity index is 819. The molecular weight excluding hydrogens is 356 g/mol. The number of aromatic nitrogens is 1. The van der Waals surface area contributed by atoms with Crippen molar-refractivity contribution in [1.82, 2.24) is 5.16 Å². The molecule has 1 N–H and O–H groups in total. The zero-order valence-electron chi connectivity index (χ0n) is 12.4. The van der Waals surface area contributed by atoms with Gasteiger partial charge in [-0.25, -0.2) is 8.42 Å². The molecule has 24 heavy (non-hydrogen) atoms. The highest BCUT2D eigenvalue weighted by Crippen LogP contribution is 2.43. The summed E-state index contributed by atoms with van der Waals surface area (Å²) in [6, 6.07) is 2.73. The SMILES string of the molecule is COC(F)(F)C(F)(F)c1ccc(S(=O)(=O)Nc2cnoc2C)cc1. The number of rotatable bonds is 6. The Morgan fingerprint density at radius 1 is 1.17 bits per heavy atom. The minimum atomic E-state index is -4.73. The molecular formula is C13H12F4N2O4S. The molecule has 0 aliphatic rings. The summed E-state index contributed by atoms with van der Waals surface area (Å²) in [4.78, 5) is -0.400. The number of methoxy groups -OCH3 is 1. The second-order valence-corrected chi connectivity index (χ2v) is 6.40. The summed E-state index contributed by atoms with van der Waals surface area (Å²) in [7, 11) is -3.68. The number of nitrogens with one attached hydrogen (secondary N) is 1. The Morgan fingerprint density at radius 2 is 1.75 bits per heavy atom. The van der Waals surface area contributed by atoms with E-state index in [4.69, 9.17) is 0 Å². The third kappa shape index (κ3) is 3.22. The van der Waals surface area contributed by atoms with Gasteiger partial charge in [0.25, 0.3) is 10.0 Å². The zero-order chi connectivity index (χ0) is 18.2. The molecule has 11 heteroatoms. The minimum Gasteiger partial charge on any atom is -0.359 e. The van der Waals surface area contributed by atoms with E-state index in [-0.39, 0.29) is 11.4 Å². The molecule has 1 heterocycles. The van der Waals surface area contributed by atoms with Crippen molar-refractivity contribution >= 4 is 15.7 Å². The van der Waals surface area contributed by atoms with Crippen LogP contribution in [0.1, 0.15) is 11.3 Å². The van der Waals surface area contributed by atoms with Crippen molar-refractivity contribution in [2.75, 3.05) is 11.8 Å². The predicted molar refractivity (Wildman–Crippen MR) is 74.3 cm³/mol. The lowest BCUT2D eigenvalue weighted by molar-refractivity contribution is -0.344. The fraction of sp³-hybridized carbons (Fsp3) is 0.308. The van der Waals surface area contributed by atoms with E-state index in [9.17, 15) is 26.0 Å². The molecule has 132 valence electrons. The molecule has 2 rings (SSSR count). The number of hydrogen-bond acceptors (Lipinski definition) is 5. The van der Waals surface area contributed by atoms with Gasteiger partial charge in [-0.2, -0.15) is 17.6 Å². The average molecular weight is 368 g/mol. The third-order valence-electron chi connectivity index (χ3n) is 3.14. The molecule has 0 aliphatic carbocycles. The van der Waals surface area contributed by atoms with Gasteiger partial charge in [-0.15, -0.1) is 0 Å². The van der Waals surface area contributed by atoms with Gasteiger partial charge in [-0.05, 0) is 19.1 Å². The molecule has 0 unspecified atom stereocenters. The lowest BCUT2D eigenvalue weighted by Crippen LogP contribution is -2.39. The van der Waals surface area contributed by atoms with Gasteiger partial charge in [-0.3, -0.25) is 4.72 Å². The lowest BCUT2D eigenvalue weighted by Gasteiger charge is -2.24. The van der Waals surface area contributed by atoms with Crippen molar-refractivity contribution in [3.8, 4) is 0 Å². The highest BCUT2D eigenvalue weighted by molar-refractivity contribution is 7.92. The number of anilines is 1. The zero-order valence-corrected chi connectivity index (χ0v) is 13.2. The van der Waals surface area contributed by atoms with Gasteiger partial charge in [-0.1, -0.05) is 17.3 Å². The van der Waals surface area contributed by atoms with Gasteiger partial charge in [0.15, 0.2) is 5.76 Å². The van der Waals surface area contributed by atoms with Crippen LogP contribution in [0.4, 0.5) is 23.2 Å². The maximum atomic E-state index is 13.7. The van der Waals surface area contributed by atoms with Crippen molar-refractivity contribution in [3.63, 3.8) is 0 Å². The van der Waals surface area contributed by atoms with Crippen LogP contribution in [0.3, 0.4) is 0 Å². The molecule has 0 bridgehead atoms. The normalized spacial score (nSPS) is 13.1. The van der Waals surface area contributed by atoms with Crippen LogP contribution < -0.4 is 4.72 Å². The van der Waals surface area contributed by atoms with Crippen molar-refractivity contribution in [2.24, 2.45) is 0 Å². The molecule has 0 fully saturated rings. The monoisotopic (exact) mass is 368 g/mol. The molecule has 0 saturated heterocycles. The van der Waals surface area contributed by atoms with Crippen molar-refractivity contribution in [1.29, 1.82) is 0 Å². The van der Waals surface area contributed by atoms with Gasteiger partial charge < -0.3 is 9.26 Å². The van der Waals surface area contributed by atoms with E-state index in [0.29, 0.717) is 19.2 Å². The Hall–Kier alpha value is -2.14. The molecule has 0 atom stereocenters. The number of alkyl halides is 4. The number of sulfonamides is 1. The van der Waals surface area contributed by atoms with Crippen molar-refractivity contribution < 1.29 is 35.2 Å². The van der Waals surface area contributed by atoms with Crippen LogP contribution in [-0.2, 0) is 20.7 Å². The molecule has 0 saturated carbocycles. The number of nitrogens with zero attached hydrogens (tertiary/aromatic N) is 1. The first-order valence-corrected chi connectivity index (χ1v) is 7.85.